The van der Waals surface area contributed by atoms with Crippen LogP contribution >= 0.6 is 23.4 Å². The number of rotatable bonds is 3. The van der Waals surface area contributed by atoms with E-state index in [0.29, 0.717) is 30.0 Å². The van der Waals surface area contributed by atoms with Crippen molar-refractivity contribution in [2.24, 2.45) is 5.16 Å². The van der Waals surface area contributed by atoms with Crippen LogP contribution in [0.25, 0.3) is 0 Å². The number of ether oxygens (including phenoxy) is 1. The Balaban J connectivity index is 2.16. The predicted molar refractivity (Wildman–Crippen MR) is 51.0 cm³/mol. The lowest BCUT2D eigenvalue weighted by atomic mass is 10.7. The van der Waals surface area contributed by atoms with Crippen LogP contribution in [0.5, 0.6) is 0 Å². The van der Waals surface area contributed by atoms with Gasteiger partial charge in [0.25, 0.3) is 0 Å². The van der Waals surface area contributed by atoms with Crippen molar-refractivity contribution in [2.75, 3.05) is 25.0 Å². The van der Waals surface area contributed by atoms with E-state index >= 15 is 0 Å². The van der Waals surface area contributed by atoms with Gasteiger partial charge in [0, 0.05) is 12.4 Å². The monoisotopic (exact) mass is 224 g/mol. The van der Waals surface area contributed by atoms with Crippen LogP contribution < -0.4 is 5.32 Å². The summed E-state index contributed by atoms with van der Waals surface area (Å²) in [7, 11) is 0. The highest BCUT2D eigenvalue weighted by Crippen LogP contribution is 2.12. The maximum Gasteiger partial charge on any atom is 0.433 e. The Kier molecular flexibility index (Phi) is 4.95. The zero-order valence-electron chi connectivity index (χ0n) is 6.79. The number of nitrogens with one attached hydrogen (secondary N) is 1. The normalized spacial score (nSPS) is 19.0. The number of hydrogen-bond donors (Lipinski definition) is 1. The molecule has 0 spiro atoms. The summed E-state index contributed by atoms with van der Waals surface area (Å²) >= 11 is 6.75. The fourth-order valence-electron chi connectivity index (χ4n) is 0.607. The third-order valence-electron chi connectivity index (χ3n) is 1.13. The molecule has 1 rings (SSSR count). The van der Waals surface area contributed by atoms with Crippen molar-refractivity contribution in [3.63, 3.8) is 0 Å². The Morgan fingerprint density at radius 2 is 2.69 bits per heavy atom. The molecule has 5 nitrogen and oxygen atoms in total. The van der Waals surface area contributed by atoms with E-state index in [9.17, 15) is 4.79 Å². The topological polar surface area (TPSA) is 59.9 Å². The molecule has 1 N–H and O–H groups in total. The first kappa shape index (κ1) is 10.6. The quantitative estimate of drug-likeness (QED) is 0.441. The summed E-state index contributed by atoms with van der Waals surface area (Å²) in [5.74, 6) is 0.912. The average molecular weight is 225 g/mol. The van der Waals surface area contributed by atoms with Crippen LogP contribution in [0.2, 0.25) is 0 Å². The molecule has 0 aromatic carbocycles. The van der Waals surface area contributed by atoms with E-state index in [-0.39, 0.29) is 0 Å². The minimum absolute atomic E-state index is 0.351. The third kappa shape index (κ3) is 4.35. The van der Waals surface area contributed by atoms with Gasteiger partial charge in [-0.05, 0) is 0 Å². The molecular formula is C6H9ClN2O3S. The molecule has 1 saturated heterocycles. The molecule has 0 bridgehead atoms. The number of nitrogens with zero attached hydrogens (tertiary/aromatic N) is 1. The van der Waals surface area contributed by atoms with Crippen molar-refractivity contribution in [1.82, 2.24) is 5.32 Å². The minimum Gasteiger partial charge on any atom is -0.363 e. The fourth-order valence-corrected chi connectivity index (χ4v) is 1.26. The summed E-state index contributed by atoms with van der Waals surface area (Å²) in [6.07, 6.45) is -0.597. The lowest BCUT2D eigenvalue weighted by Crippen LogP contribution is -2.24. The van der Waals surface area contributed by atoms with E-state index in [2.05, 4.69) is 15.3 Å². The highest BCUT2D eigenvalue weighted by molar-refractivity contribution is 8.14. The van der Waals surface area contributed by atoms with E-state index < -0.39 is 6.09 Å². The van der Waals surface area contributed by atoms with Crippen LogP contribution in [-0.4, -0.2) is 36.1 Å². The van der Waals surface area contributed by atoms with E-state index in [0.717, 1.165) is 0 Å². The van der Waals surface area contributed by atoms with Crippen molar-refractivity contribution < 1.29 is 14.4 Å². The van der Waals surface area contributed by atoms with Gasteiger partial charge < -0.3 is 10.1 Å². The lowest BCUT2D eigenvalue weighted by molar-refractivity contribution is 0.150. The molecule has 1 fully saturated rings. The standard InChI is InChI=1S/C6H9ClN2O3S/c7-1-2-8-6(10)12-9-5-3-11-4-13-5/h1-4H2,(H,8,10). The maximum absolute atomic E-state index is 10.8. The maximum atomic E-state index is 10.8. The van der Waals surface area contributed by atoms with Crippen LogP contribution in [0.3, 0.4) is 0 Å². The molecule has 0 aromatic rings. The van der Waals surface area contributed by atoms with Gasteiger partial charge in [0.1, 0.15) is 5.04 Å². The molecule has 7 heteroatoms. The molecule has 0 aliphatic carbocycles. The second-order valence-corrected chi connectivity index (χ2v) is 3.46. The molecule has 1 amide bonds. The van der Waals surface area contributed by atoms with Gasteiger partial charge in [-0.25, -0.2) is 4.79 Å². The summed E-state index contributed by atoms with van der Waals surface area (Å²) in [5.41, 5.74) is 0. The van der Waals surface area contributed by atoms with E-state index in [1.165, 1.54) is 11.8 Å². The zero-order valence-corrected chi connectivity index (χ0v) is 8.36. The van der Waals surface area contributed by atoms with Gasteiger partial charge in [-0.3, -0.25) is 4.84 Å². The van der Waals surface area contributed by atoms with Crippen molar-refractivity contribution in [3.05, 3.63) is 0 Å². The minimum atomic E-state index is -0.597. The largest absolute Gasteiger partial charge is 0.433 e. The van der Waals surface area contributed by atoms with E-state index in [1.807, 2.05) is 0 Å². The van der Waals surface area contributed by atoms with Gasteiger partial charge in [-0.15, -0.1) is 11.6 Å². The van der Waals surface area contributed by atoms with Gasteiger partial charge in [0.2, 0.25) is 0 Å². The molecular weight excluding hydrogens is 216 g/mol. The lowest BCUT2D eigenvalue weighted by Gasteiger charge is -1.98. The SMILES string of the molecule is O=C(NCCCl)ON=C1COCS1. The second kappa shape index (κ2) is 6.06. The highest BCUT2D eigenvalue weighted by Gasteiger charge is 2.10. The molecule has 1 aliphatic heterocycles. The molecule has 0 unspecified atom stereocenters. The molecule has 1 heterocycles. The molecule has 0 radical (unpaired) electrons. The molecule has 0 atom stereocenters. The van der Waals surface area contributed by atoms with Crippen molar-refractivity contribution in [3.8, 4) is 0 Å². The van der Waals surface area contributed by atoms with Gasteiger partial charge in [-0.1, -0.05) is 16.9 Å². The van der Waals surface area contributed by atoms with Crippen LogP contribution in [-0.2, 0) is 9.57 Å². The fraction of sp³-hybridized carbons (Fsp3) is 0.667. The van der Waals surface area contributed by atoms with Crippen LogP contribution in [0.15, 0.2) is 5.16 Å². The Morgan fingerprint density at radius 3 is 3.31 bits per heavy atom. The first-order chi connectivity index (χ1) is 6.33. The second-order valence-electron chi connectivity index (χ2n) is 2.09. The predicted octanol–water partition coefficient (Wildman–Crippen LogP) is 0.986. The van der Waals surface area contributed by atoms with Crippen molar-refractivity contribution in [1.29, 1.82) is 0 Å². The van der Waals surface area contributed by atoms with Gasteiger partial charge in [-0.2, -0.15) is 0 Å². The Labute approximate surface area is 84.8 Å². The van der Waals surface area contributed by atoms with E-state index in [1.54, 1.807) is 0 Å². The summed E-state index contributed by atoms with van der Waals surface area (Å²) in [5, 5.41) is 6.65. The van der Waals surface area contributed by atoms with Crippen molar-refractivity contribution in [2.45, 2.75) is 0 Å². The third-order valence-corrected chi connectivity index (χ3v) is 2.13. The number of halogens is 1. The first-order valence-corrected chi connectivity index (χ1v) is 5.13. The number of alkyl halides is 1. The zero-order chi connectivity index (χ0) is 9.52. The average Bonchev–Trinajstić information content (AvgIpc) is 2.64. The van der Waals surface area contributed by atoms with Crippen molar-refractivity contribution >= 4 is 34.5 Å². The first-order valence-electron chi connectivity index (χ1n) is 3.61. The smallest absolute Gasteiger partial charge is 0.363 e. The molecule has 1 aliphatic rings. The van der Waals surface area contributed by atoms with Crippen LogP contribution in [0.4, 0.5) is 4.79 Å². The van der Waals surface area contributed by atoms with Crippen LogP contribution in [0.1, 0.15) is 0 Å². The summed E-state index contributed by atoms with van der Waals surface area (Å²) in [4.78, 5) is 15.3. The number of amides is 1. The summed E-state index contributed by atoms with van der Waals surface area (Å²) < 4.78 is 4.97. The Bertz CT molecular complexity index is 204. The highest BCUT2D eigenvalue weighted by atomic mass is 35.5. The van der Waals surface area contributed by atoms with E-state index in [4.69, 9.17) is 16.3 Å². The summed E-state index contributed by atoms with van der Waals surface area (Å²) in [6.45, 7) is 0.780. The number of hydrogen-bond acceptors (Lipinski definition) is 5. The molecule has 0 saturated carbocycles. The molecule has 13 heavy (non-hydrogen) atoms. The Morgan fingerprint density at radius 1 is 1.85 bits per heavy atom. The number of thioether (sulfide) groups is 1. The van der Waals surface area contributed by atoms with Gasteiger partial charge in [0.05, 0.1) is 12.5 Å². The van der Waals surface area contributed by atoms with Gasteiger partial charge in [0.15, 0.2) is 0 Å². The Hall–Kier alpha value is -0.460. The van der Waals surface area contributed by atoms with Crippen LogP contribution in [0, 0.1) is 0 Å². The number of carbonyl (C=O) groups excluding carboxylic acids is 1. The number of carbonyl (C=O) groups is 1. The molecule has 0 aromatic heterocycles. The van der Waals surface area contributed by atoms with Gasteiger partial charge >= 0.3 is 6.09 Å². The summed E-state index contributed by atoms with van der Waals surface area (Å²) in [6, 6.07) is 0. The number of oxime groups is 1. The molecule has 74 valence electrons.